The van der Waals surface area contributed by atoms with Crippen LogP contribution >= 0.6 is 12.9 Å². The van der Waals surface area contributed by atoms with E-state index in [1.807, 2.05) is 0 Å². The zero-order valence-corrected chi connectivity index (χ0v) is 6.69. The summed E-state index contributed by atoms with van der Waals surface area (Å²) in [7, 11) is 0. The van der Waals surface area contributed by atoms with Gasteiger partial charge in [0.1, 0.15) is 18.3 Å². The van der Waals surface area contributed by atoms with Gasteiger partial charge in [-0.2, -0.15) is 0 Å². The SMILES string of the molecule is OC[C@@H](O)[C@H](O)[C@@H](O)COS. The average molecular weight is 184 g/mol. The van der Waals surface area contributed by atoms with Gasteiger partial charge < -0.3 is 24.6 Å². The van der Waals surface area contributed by atoms with Crippen molar-refractivity contribution in [2.45, 2.75) is 18.3 Å². The Hall–Kier alpha value is 0.150. The van der Waals surface area contributed by atoms with Crippen molar-refractivity contribution in [3.8, 4) is 0 Å². The average Bonchev–Trinajstić information content (AvgIpc) is 2.02. The summed E-state index contributed by atoms with van der Waals surface area (Å²) < 4.78 is 4.21. The van der Waals surface area contributed by atoms with Crippen LogP contribution in [-0.2, 0) is 4.18 Å². The standard InChI is InChI=1S/C5H12O5S/c6-1-3(7)5(9)4(8)2-10-11/h3-9,11H,1-2H2/t3-,4+,5+/m1/s1. The number of thiol groups is 1. The highest BCUT2D eigenvalue weighted by Gasteiger charge is 2.23. The first-order chi connectivity index (χ1) is 5.13. The Morgan fingerprint density at radius 2 is 1.73 bits per heavy atom. The van der Waals surface area contributed by atoms with Gasteiger partial charge in [0, 0.05) is 0 Å². The Labute approximate surface area is 69.9 Å². The normalized spacial score (nSPS) is 19.4. The molecule has 0 aliphatic heterocycles. The van der Waals surface area contributed by atoms with Gasteiger partial charge in [-0.05, 0) is 12.9 Å². The van der Waals surface area contributed by atoms with Gasteiger partial charge in [-0.3, -0.25) is 0 Å². The molecule has 0 heterocycles. The summed E-state index contributed by atoms with van der Waals surface area (Å²) in [6.45, 7) is -0.813. The van der Waals surface area contributed by atoms with E-state index in [0.717, 1.165) is 0 Å². The molecule has 0 fully saturated rings. The van der Waals surface area contributed by atoms with Crippen LogP contribution in [0.25, 0.3) is 0 Å². The van der Waals surface area contributed by atoms with Crippen LogP contribution in [0.4, 0.5) is 0 Å². The van der Waals surface area contributed by atoms with Crippen LogP contribution in [0.1, 0.15) is 0 Å². The van der Waals surface area contributed by atoms with E-state index in [2.05, 4.69) is 17.1 Å². The Balaban J connectivity index is 3.70. The molecule has 0 radical (unpaired) electrons. The first-order valence-corrected chi connectivity index (χ1v) is 3.41. The Morgan fingerprint density at radius 1 is 1.18 bits per heavy atom. The maximum Gasteiger partial charge on any atom is 0.110 e. The molecular formula is C5H12O5S. The van der Waals surface area contributed by atoms with Crippen molar-refractivity contribution in [2.75, 3.05) is 13.2 Å². The molecule has 0 aromatic rings. The van der Waals surface area contributed by atoms with E-state index >= 15 is 0 Å². The van der Waals surface area contributed by atoms with Crippen LogP contribution in [0.15, 0.2) is 0 Å². The maximum atomic E-state index is 8.94. The van der Waals surface area contributed by atoms with Gasteiger partial charge >= 0.3 is 0 Å². The molecule has 0 aromatic carbocycles. The van der Waals surface area contributed by atoms with Crippen molar-refractivity contribution in [2.24, 2.45) is 0 Å². The third kappa shape index (κ3) is 3.90. The molecule has 0 saturated heterocycles. The maximum absolute atomic E-state index is 8.94. The molecule has 0 aliphatic carbocycles. The summed E-state index contributed by atoms with van der Waals surface area (Å²) in [4.78, 5) is 0. The second kappa shape index (κ2) is 5.76. The molecule has 0 rings (SSSR count). The summed E-state index contributed by atoms with van der Waals surface area (Å²) in [5, 5.41) is 35.0. The Morgan fingerprint density at radius 3 is 2.09 bits per heavy atom. The molecule has 6 heteroatoms. The molecule has 11 heavy (non-hydrogen) atoms. The highest BCUT2D eigenvalue weighted by molar-refractivity contribution is 7.75. The van der Waals surface area contributed by atoms with Gasteiger partial charge in [0.2, 0.25) is 0 Å². The second-order valence-corrected chi connectivity index (χ2v) is 2.36. The summed E-state index contributed by atoms with van der Waals surface area (Å²) in [6.07, 6.45) is -4.00. The van der Waals surface area contributed by atoms with Crippen LogP contribution in [0.5, 0.6) is 0 Å². The van der Waals surface area contributed by atoms with Gasteiger partial charge in [0.15, 0.2) is 0 Å². The van der Waals surface area contributed by atoms with Crippen molar-refractivity contribution in [1.82, 2.24) is 0 Å². The Kier molecular flexibility index (Phi) is 5.83. The van der Waals surface area contributed by atoms with E-state index in [-0.39, 0.29) is 6.61 Å². The first-order valence-electron chi connectivity index (χ1n) is 3.05. The van der Waals surface area contributed by atoms with Crippen LogP contribution in [0, 0.1) is 0 Å². The van der Waals surface area contributed by atoms with Crippen molar-refractivity contribution < 1.29 is 24.6 Å². The third-order valence-corrected chi connectivity index (χ3v) is 1.37. The molecule has 3 atom stereocenters. The number of aliphatic hydroxyl groups excluding tert-OH is 4. The molecule has 5 nitrogen and oxygen atoms in total. The molecule has 68 valence electrons. The van der Waals surface area contributed by atoms with Crippen LogP contribution in [-0.4, -0.2) is 52.0 Å². The summed E-state index contributed by atoms with van der Waals surface area (Å²) >= 11 is 3.34. The smallest absolute Gasteiger partial charge is 0.110 e. The molecule has 0 amide bonds. The van der Waals surface area contributed by atoms with E-state index in [0.29, 0.717) is 0 Å². The zero-order chi connectivity index (χ0) is 8.85. The fourth-order valence-corrected chi connectivity index (χ4v) is 0.692. The summed E-state index contributed by atoms with van der Waals surface area (Å²) in [5.74, 6) is 0. The number of hydrogen-bond donors (Lipinski definition) is 5. The minimum absolute atomic E-state index is 0.207. The van der Waals surface area contributed by atoms with Gasteiger partial charge in [0.05, 0.1) is 13.2 Å². The number of aliphatic hydroxyl groups is 4. The Bertz CT molecular complexity index is 101. The lowest BCUT2D eigenvalue weighted by Crippen LogP contribution is -2.41. The van der Waals surface area contributed by atoms with Crippen molar-refractivity contribution in [1.29, 1.82) is 0 Å². The molecule has 4 N–H and O–H groups in total. The van der Waals surface area contributed by atoms with Crippen LogP contribution in [0.3, 0.4) is 0 Å². The van der Waals surface area contributed by atoms with Crippen molar-refractivity contribution in [3.63, 3.8) is 0 Å². The van der Waals surface area contributed by atoms with Gasteiger partial charge in [-0.25, -0.2) is 0 Å². The summed E-state index contributed by atoms with van der Waals surface area (Å²) in [5.41, 5.74) is 0. The van der Waals surface area contributed by atoms with Gasteiger partial charge in [-0.15, -0.1) is 0 Å². The topological polar surface area (TPSA) is 90.2 Å². The highest BCUT2D eigenvalue weighted by Crippen LogP contribution is 2.00. The molecule has 0 bridgehead atoms. The second-order valence-electron chi connectivity index (χ2n) is 2.10. The predicted octanol–water partition coefficient (Wildman–Crippen LogP) is -2.08. The van der Waals surface area contributed by atoms with E-state index in [1.165, 1.54) is 0 Å². The molecule has 0 aliphatic rings. The lowest BCUT2D eigenvalue weighted by Gasteiger charge is -2.19. The molecule has 0 saturated carbocycles. The largest absolute Gasteiger partial charge is 0.394 e. The molecular weight excluding hydrogens is 172 g/mol. The quantitative estimate of drug-likeness (QED) is 0.250. The minimum Gasteiger partial charge on any atom is -0.394 e. The molecule has 0 unspecified atom stereocenters. The van der Waals surface area contributed by atoms with Crippen LogP contribution in [0.2, 0.25) is 0 Å². The fourth-order valence-electron chi connectivity index (χ4n) is 0.539. The van der Waals surface area contributed by atoms with Gasteiger partial charge in [0.25, 0.3) is 0 Å². The van der Waals surface area contributed by atoms with Crippen molar-refractivity contribution >= 4 is 12.9 Å². The zero-order valence-electron chi connectivity index (χ0n) is 5.79. The van der Waals surface area contributed by atoms with Crippen molar-refractivity contribution in [3.05, 3.63) is 0 Å². The molecule has 0 spiro atoms. The predicted molar refractivity (Wildman–Crippen MR) is 40.0 cm³/mol. The van der Waals surface area contributed by atoms with E-state index in [9.17, 15) is 0 Å². The minimum atomic E-state index is -1.41. The van der Waals surface area contributed by atoms with Gasteiger partial charge in [-0.1, -0.05) is 0 Å². The van der Waals surface area contributed by atoms with E-state index in [4.69, 9.17) is 20.4 Å². The number of rotatable bonds is 5. The monoisotopic (exact) mass is 184 g/mol. The number of hydrogen-bond acceptors (Lipinski definition) is 6. The third-order valence-electron chi connectivity index (χ3n) is 1.22. The lowest BCUT2D eigenvalue weighted by atomic mass is 10.1. The lowest BCUT2D eigenvalue weighted by molar-refractivity contribution is -0.0853. The summed E-state index contributed by atoms with van der Waals surface area (Å²) in [6, 6.07) is 0. The molecule has 0 aromatic heterocycles. The van der Waals surface area contributed by atoms with Crippen LogP contribution < -0.4 is 0 Å². The fraction of sp³-hybridized carbons (Fsp3) is 1.00. The highest BCUT2D eigenvalue weighted by atomic mass is 32.1. The van der Waals surface area contributed by atoms with E-state index in [1.54, 1.807) is 0 Å². The van der Waals surface area contributed by atoms with E-state index < -0.39 is 24.9 Å². The first kappa shape index (κ1) is 11.2.